The monoisotopic (exact) mass is 369 g/mol. The molecule has 3 aromatic rings. The first-order valence-electron chi connectivity index (χ1n) is 8.62. The van der Waals surface area contributed by atoms with Crippen molar-refractivity contribution in [3.8, 4) is 0 Å². The molecule has 2 aromatic carbocycles. The first-order chi connectivity index (χ1) is 12.7. The molecular weight excluding hydrogens is 350 g/mol. The SMILES string of the molecule is O=C(CSc1n[nH]c(=O)n1C[C@@H]1CCCO1)c1ccc2ccccc2c1. The maximum atomic E-state index is 12.6. The highest BCUT2D eigenvalue weighted by molar-refractivity contribution is 7.99. The first-order valence-corrected chi connectivity index (χ1v) is 9.61. The van der Waals surface area contributed by atoms with Crippen molar-refractivity contribution in [3.63, 3.8) is 0 Å². The molecule has 1 aliphatic rings. The molecule has 0 unspecified atom stereocenters. The maximum absolute atomic E-state index is 12.6. The fourth-order valence-corrected chi connectivity index (χ4v) is 3.99. The second-order valence-electron chi connectivity index (χ2n) is 6.33. The number of fused-ring (bicyclic) bond motifs is 1. The number of hydrogen-bond donors (Lipinski definition) is 1. The third-order valence-corrected chi connectivity index (χ3v) is 5.51. The van der Waals surface area contributed by atoms with Crippen LogP contribution in [0, 0.1) is 0 Å². The molecular formula is C19H19N3O3S. The number of carbonyl (C=O) groups excluding carboxylic acids is 1. The van der Waals surface area contributed by atoms with Crippen LogP contribution in [0.5, 0.6) is 0 Å². The number of hydrogen-bond acceptors (Lipinski definition) is 5. The Morgan fingerprint density at radius 2 is 2.12 bits per heavy atom. The summed E-state index contributed by atoms with van der Waals surface area (Å²) in [6, 6.07) is 13.6. The molecule has 4 rings (SSSR count). The summed E-state index contributed by atoms with van der Waals surface area (Å²) in [4.78, 5) is 24.5. The lowest BCUT2D eigenvalue weighted by Gasteiger charge is -2.10. The van der Waals surface area contributed by atoms with Gasteiger partial charge < -0.3 is 4.74 Å². The number of nitrogens with one attached hydrogen (secondary N) is 1. The van der Waals surface area contributed by atoms with Gasteiger partial charge in [-0.2, -0.15) is 0 Å². The van der Waals surface area contributed by atoms with Crippen LogP contribution in [0.4, 0.5) is 0 Å². The quantitative estimate of drug-likeness (QED) is 0.534. The molecule has 1 fully saturated rings. The second-order valence-corrected chi connectivity index (χ2v) is 7.27. The molecule has 1 N–H and O–H groups in total. The number of rotatable bonds is 6. The van der Waals surface area contributed by atoms with Crippen LogP contribution in [0.15, 0.2) is 52.4 Å². The van der Waals surface area contributed by atoms with Gasteiger partial charge in [-0.25, -0.2) is 9.89 Å². The summed E-state index contributed by atoms with van der Waals surface area (Å²) in [5.41, 5.74) is 0.404. The topological polar surface area (TPSA) is 77.0 Å². The molecule has 6 nitrogen and oxygen atoms in total. The second kappa shape index (κ2) is 7.47. The van der Waals surface area contributed by atoms with E-state index in [9.17, 15) is 9.59 Å². The van der Waals surface area contributed by atoms with Crippen LogP contribution in [-0.2, 0) is 11.3 Å². The lowest BCUT2D eigenvalue weighted by Crippen LogP contribution is -2.25. The number of carbonyl (C=O) groups is 1. The summed E-state index contributed by atoms with van der Waals surface area (Å²) in [7, 11) is 0. The normalized spacial score (nSPS) is 17.0. The average Bonchev–Trinajstić information content (AvgIpc) is 3.30. The molecule has 0 spiro atoms. The predicted octanol–water partition coefficient (Wildman–Crippen LogP) is 2.88. The summed E-state index contributed by atoms with van der Waals surface area (Å²) in [5.74, 6) is 0.244. The van der Waals surface area contributed by atoms with E-state index in [-0.39, 0.29) is 23.3 Å². The maximum Gasteiger partial charge on any atom is 0.344 e. The minimum Gasteiger partial charge on any atom is -0.376 e. The number of aromatic amines is 1. The van der Waals surface area contributed by atoms with Gasteiger partial charge in [0.2, 0.25) is 0 Å². The first kappa shape index (κ1) is 17.1. The van der Waals surface area contributed by atoms with Crippen LogP contribution < -0.4 is 5.69 Å². The van der Waals surface area contributed by atoms with Gasteiger partial charge >= 0.3 is 5.69 Å². The van der Waals surface area contributed by atoms with Crippen molar-refractivity contribution in [3.05, 3.63) is 58.5 Å². The van der Waals surface area contributed by atoms with E-state index in [0.717, 1.165) is 30.2 Å². The molecule has 1 atom stereocenters. The van der Waals surface area contributed by atoms with Gasteiger partial charge in [-0.15, -0.1) is 5.10 Å². The van der Waals surface area contributed by atoms with Crippen LogP contribution in [0.1, 0.15) is 23.2 Å². The standard InChI is InChI=1S/C19H19N3O3S/c23-17(15-8-7-13-4-1-2-5-14(13)10-15)12-26-19-21-20-18(24)22(19)11-16-6-3-9-25-16/h1-2,4-5,7-8,10,16H,3,6,9,11-12H2,(H,20,24)/t16-/m0/s1. The number of Topliss-reactive ketones (excluding diaryl/α,β-unsaturated/α-hetero) is 1. The third-order valence-electron chi connectivity index (χ3n) is 4.54. The summed E-state index contributed by atoms with van der Waals surface area (Å²) in [6.07, 6.45) is 2.00. The Labute approximate surface area is 154 Å². The number of ketones is 1. The summed E-state index contributed by atoms with van der Waals surface area (Å²) >= 11 is 1.28. The molecule has 0 aliphatic carbocycles. The van der Waals surface area contributed by atoms with Crippen LogP contribution >= 0.6 is 11.8 Å². The number of ether oxygens (including phenoxy) is 1. The van der Waals surface area contributed by atoms with Gasteiger partial charge in [0, 0.05) is 12.2 Å². The zero-order valence-electron chi connectivity index (χ0n) is 14.2. The van der Waals surface area contributed by atoms with Gasteiger partial charge in [0.05, 0.1) is 18.4 Å². The van der Waals surface area contributed by atoms with Crippen LogP contribution in [-0.4, -0.2) is 39.0 Å². The Kier molecular flexibility index (Phi) is 4.90. The average molecular weight is 369 g/mol. The predicted molar refractivity (Wildman–Crippen MR) is 101 cm³/mol. The minimum atomic E-state index is -0.263. The van der Waals surface area contributed by atoms with Gasteiger partial charge in [0.25, 0.3) is 0 Å². The molecule has 2 heterocycles. The van der Waals surface area contributed by atoms with Gasteiger partial charge in [-0.1, -0.05) is 48.2 Å². The van der Waals surface area contributed by atoms with E-state index in [4.69, 9.17) is 4.74 Å². The zero-order chi connectivity index (χ0) is 17.9. The Hall–Kier alpha value is -2.38. The Morgan fingerprint density at radius 3 is 2.92 bits per heavy atom. The molecule has 1 aromatic heterocycles. The molecule has 26 heavy (non-hydrogen) atoms. The summed E-state index contributed by atoms with van der Waals surface area (Å²) < 4.78 is 7.16. The van der Waals surface area contributed by atoms with E-state index in [1.165, 1.54) is 11.8 Å². The van der Waals surface area contributed by atoms with Crippen molar-refractivity contribution in [2.24, 2.45) is 0 Å². The van der Waals surface area contributed by atoms with Crippen LogP contribution in [0.2, 0.25) is 0 Å². The lowest BCUT2D eigenvalue weighted by molar-refractivity contribution is 0.0941. The molecule has 0 amide bonds. The molecule has 1 saturated heterocycles. The van der Waals surface area contributed by atoms with Crippen molar-refractivity contribution >= 4 is 28.3 Å². The minimum absolute atomic E-state index is 0.0138. The lowest BCUT2D eigenvalue weighted by atomic mass is 10.1. The highest BCUT2D eigenvalue weighted by Gasteiger charge is 2.20. The number of H-pyrrole nitrogens is 1. The van der Waals surface area contributed by atoms with Crippen molar-refractivity contribution in [2.75, 3.05) is 12.4 Å². The number of aromatic nitrogens is 3. The third kappa shape index (κ3) is 3.59. The zero-order valence-corrected chi connectivity index (χ0v) is 15.0. The molecule has 134 valence electrons. The van der Waals surface area contributed by atoms with Crippen LogP contribution in [0.25, 0.3) is 10.8 Å². The fourth-order valence-electron chi connectivity index (χ4n) is 3.14. The van der Waals surface area contributed by atoms with Gasteiger partial charge in [-0.3, -0.25) is 9.36 Å². The molecule has 0 bridgehead atoms. The van der Waals surface area contributed by atoms with Crippen LogP contribution in [0.3, 0.4) is 0 Å². The largest absolute Gasteiger partial charge is 0.376 e. The van der Waals surface area contributed by atoms with Gasteiger partial charge in [0.15, 0.2) is 10.9 Å². The van der Waals surface area contributed by atoms with E-state index in [0.29, 0.717) is 17.3 Å². The Balaban J connectivity index is 1.46. The number of benzene rings is 2. The smallest absolute Gasteiger partial charge is 0.344 e. The highest BCUT2D eigenvalue weighted by atomic mass is 32.2. The van der Waals surface area contributed by atoms with E-state index in [1.807, 2.05) is 42.5 Å². The van der Waals surface area contributed by atoms with E-state index in [2.05, 4.69) is 10.2 Å². The van der Waals surface area contributed by atoms with Crippen molar-refractivity contribution in [2.45, 2.75) is 30.6 Å². The molecule has 1 aliphatic heterocycles. The number of nitrogens with zero attached hydrogens (tertiary/aromatic N) is 2. The fraction of sp³-hybridized carbons (Fsp3) is 0.316. The van der Waals surface area contributed by atoms with Gasteiger partial charge in [0.1, 0.15) is 0 Å². The summed E-state index contributed by atoms with van der Waals surface area (Å²) in [6.45, 7) is 1.21. The molecule has 0 radical (unpaired) electrons. The van der Waals surface area contributed by atoms with Crippen molar-refractivity contribution in [1.29, 1.82) is 0 Å². The van der Waals surface area contributed by atoms with E-state index < -0.39 is 0 Å². The Morgan fingerprint density at radius 1 is 1.27 bits per heavy atom. The van der Waals surface area contributed by atoms with Gasteiger partial charge in [-0.05, 0) is 29.7 Å². The van der Waals surface area contributed by atoms with Crippen molar-refractivity contribution < 1.29 is 9.53 Å². The molecule has 7 heteroatoms. The Bertz CT molecular complexity index is 989. The van der Waals surface area contributed by atoms with Crippen molar-refractivity contribution in [1.82, 2.24) is 14.8 Å². The molecule has 0 saturated carbocycles. The summed E-state index contributed by atoms with van der Waals surface area (Å²) in [5, 5.41) is 9.20. The van der Waals surface area contributed by atoms with E-state index in [1.54, 1.807) is 4.57 Å². The van der Waals surface area contributed by atoms with E-state index >= 15 is 0 Å². The number of thioether (sulfide) groups is 1. The highest BCUT2D eigenvalue weighted by Crippen LogP contribution is 2.21.